The highest BCUT2D eigenvalue weighted by Gasteiger charge is 2.14. The fourth-order valence-electron chi connectivity index (χ4n) is 1.13. The molecule has 0 bridgehead atoms. The lowest BCUT2D eigenvalue weighted by molar-refractivity contribution is 0.0925. The second-order valence-corrected chi connectivity index (χ2v) is 2.97. The van der Waals surface area contributed by atoms with E-state index in [1.54, 1.807) is 0 Å². The van der Waals surface area contributed by atoms with E-state index in [9.17, 15) is 4.79 Å². The minimum atomic E-state index is -0.739. The van der Waals surface area contributed by atoms with E-state index in [4.69, 9.17) is 47.3 Å². The Labute approximate surface area is 96.7 Å². The van der Waals surface area contributed by atoms with Crippen molar-refractivity contribution in [3.05, 3.63) is 11.6 Å². The fraction of sp³-hybridized carbons (Fsp3) is 0. The molecule has 0 aliphatic rings. The Balaban J connectivity index is 3.43. The highest BCUT2D eigenvalue weighted by molar-refractivity contribution is 6.61. The van der Waals surface area contributed by atoms with Crippen molar-refractivity contribution in [3.63, 3.8) is 0 Å². The molecule has 0 saturated heterocycles. The molecule has 8 heteroatoms. The molecule has 0 atom stereocenters. The van der Waals surface area contributed by atoms with Crippen molar-refractivity contribution >= 4 is 75.1 Å². The maximum absolute atomic E-state index is 11.5. The van der Waals surface area contributed by atoms with Gasteiger partial charge in [-0.2, -0.15) is 0 Å². The van der Waals surface area contributed by atoms with Crippen LogP contribution in [-0.2, 0) is 0 Å². The summed E-state index contributed by atoms with van der Waals surface area (Å²) in [5.41, 5.74) is 0.270. The Hall–Kier alpha value is -0.920. The Bertz CT molecular complexity index is 418. The average Bonchev–Trinajstić information content (AvgIpc) is 2.14. The van der Waals surface area contributed by atoms with Crippen molar-refractivity contribution in [3.8, 4) is 0 Å². The topological polar surface area (TPSA) is 20.3 Å². The number of hydrogen-bond donors (Lipinski definition) is 0. The van der Waals surface area contributed by atoms with Gasteiger partial charge in [0, 0.05) is 5.56 Å². The van der Waals surface area contributed by atoms with Crippen molar-refractivity contribution in [2.24, 2.45) is 0 Å². The number of amides is 1. The van der Waals surface area contributed by atoms with Crippen LogP contribution in [0.4, 0.5) is 0 Å². The Kier molecular flexibility index (Phi) is 3.48. The van der Waals surface area contributed by atoms with Gasteiger partial charge in [-0.15, -0.1) is 10.9 Å². The van der Waals surface area contributed by atoms with Crippen LogP contribution in [0, 0.1) is 0 Å². The number of benzene rings is 1. The third-order valence-electron chi connectivity index (χ3n) is 1.92. The molecule has 0 aliphatic carbocycles. The van der Waals surface area contributed by atoms with E-state index in [1.165, 1.54) is 6.07 Å². The van der Waals surface area contributed by atoms with E-state index in [2.05, 4.69) is 0 Å². The van der Waals surface area contributed by atoms with Crippen molar-refractivity contribution in [2.45, 2.75) is 0 Å². The van der Waals surface area contributed by atoms with Gasteiger partial charge < -0.3 is 4.72 Å². The molecule has 0 unspecified atom stereocenters. The second-order valence-electron chi connectivity index (χ2n) is 2.97. The monoisotopic (exact) mass is 181 g/mol. The number of hydrogen-bond acceptors (Lipinski definition) is 1. The maximum atomic E-state index is 11.5. The highest BCUT2D eigenvalue weighted by Crippen LogP contribution is 1.91. The van der Waals surface area contributed by atoms with Crippen molar-refractivity contribution < 1.29 is 4.79 Å². The third-order valence-corrected chi connectivity index (χ3v) is 1.92. The standard InChI is InChI=1S/C7HB6NO/c8-2-1-3(9)5(10)6(11)4(2)7(15)14(12)13/h1H. The van der Waals surface area contributed by atoms with Gasteiger partial charge in [0.1, 0.15) is 31.4 Å². The number of nitrogens with zero attached hydrogens (tertiary/aromatic N) is 1. The predicted octanol–water partition coefficient (Wildman–Crippen LogP) is -4.53. The van der Waals surface area contributed by atoms with Crippen LogP contribution in [0.15, 0.2) is 6.07 Å². The first-order valence-electron chi connectivity index (χ1n) is 3.93. The summed E-state index contributed by atoms with van der Waals surface area (Å²) in [6.45, 7) is 0. The molecule has 2 nitrogen and oxygen atoms in total. The summed E-state index contributed by atoms with van der Waals surface area (Å²) >= 11 is 0. The van der Waals surface area contributed by atoms with Crippen molar-refractivity contribution in [1.82, 2.24) is 4.72 Å². The van der Waals surface area contributed by atoms with Crippen molar-refractivity contribution in [1.29, 1.82) is 0 Å². The molecule has 0 N–H and O–H groups in total. The smallest absolute Gasteiger partial charge is 0.227 e. The zero-order valence-electron chi connectivity index (χ0n) is 7.90. The van der Waals surface area contributed by atoms with Gasteiger partial charge in [-0.1, -0.05) is 17.0 Å². The molecule has 0 aromatic heterocycles. The molecule has 15 heavy (non-hydrogen) atoms. The van der Waals surface area contributed by atoms with E-state index in [1.807, 2.05) is 0 Å². The van der Waals surface area contributed by atoms with E-state index < -0.39 is 5.91 Å². The summed E-state index contributed by atoms with van der Waals surface area (Å²) in [4.78, 5) is 11.5. The Morgan fingerprint density at radius 1 is 1.00 bits per heavy atom. The van der Waals surface area contributed by atoms with Gasteiger partial charge in [0.2, 0.25) is 21.9 Å². The van der Waals surface area contributed by atoms with Crippen LogP contribution in [0.1, 0.15) is 10.4 Å². The van der Waals surface area contributed by atoms with Crippen LogP contribution in [0.5, 0.6) is 0 Å². The average molecular weight is 180 g/mol. The van der Waals surface area contributed by atoms with Gasteiger partial charge in [-0.05, 0) is 0 Å². The van der Waals surface area contributed by atoms with Gasteiger partial charge >= 0.3 is 0 Å². The van der Waals surface area contributed by atoms with E-state index in [-0.39, 0.29) is 27.4 Å². The lowest BCUT2D eigenvalue weighted by Crippen LogP contribution is -2.48. The van der Waals surface area contributed by atoms with Crippen LogP contribution in [0.25, 0.3) is 0 Å². The molecule has 58 valence electrons. The van der Waals surface area contributed by atoms with Gasteiger partial charge in [0.25, 0.3) is 0 Å². The predicted molar refractivity (Wildman–Crippen MR) is 65.7 cm³/mol. The van der Waals surface area contributed by atoms with Crippen LogP contribution in [0.3, 0.4) is 0 Å². The normalized spacial score (nSPS) is 9.87. The minimum absolute atomic E-state index is 0.0293. The van der Waals surface area contributed by atoms with E-state index >= 15 is 0 Å². The zero-order chi connectivity index (χ0) is 11.7. The van der Waals surface area contributed by atoms with Crippen molar-refractivity contribution in [2.75, 3.05) is 0 Å². The fourth-order valence-corrected chi connectivity index (χ4v) is 1.13. The second kappa shape index (κ2) is 4.30. The zero-order valence-corrected chi connectivity index (χ0v) is 7.90. The van der Waals surface area contributed by atoms with Crippen LogP contribution in [0.2, 0.25) is 0 Å². The third kappa shape index (κ3) is 2.19. The van der Waals surface area contributed by atoms with E-state index in [0.29, 0.717) is 4.72 Å². The molecule has 0 aliphatic heterocycles. The van der Waals surface area contributed by atoms with Crippen LogP contribution >= 0.6 is 0 Å². The van der Waals surface area contributed by atoms with Gasteiger partial charge in [-0.25, -0.2) is 0 Å². The number of carbonyl (C=O) groups excluding carboxylic acids is 1. The molecule has 0 heterocycles. The molecule has 0 spiro atoms. The van der Waals surface area contributed by atoms with Crippen LogP contribution < -0.4 is 21.9 Å². The largest absolute Gasteiger partial charge is 0.445 e. The summed E-state index contributed by atoms with van der Waals surface area (Å²) in [7, 11) is 32.3. The van der Waals surface area contributed by atoms with Crippen LogP contribution in [-0.4, -0.2) is 58.0 Å². The maximum Gasteiger partial charge on any atom is 0.227 e. The molecule has 0 saturated carbocycles. The molecule has 1 rings (SSSR count). The lowest BCUT2D eigenvalue weighted by Gasteiger charge is -2.19. The summed E-state index contributed by atoms with van der Waals surface area (Å²) in [6.07, 6.45) is 0. The van der Waals surface area contributed by atoms with Gasteiger partial charge in [0.05, 0.1) is 0 Å². The lowest BCUT2D eigenvalue weighted by atomic mass is 9.66. The summed E-state index contributed by atoms with van der Waals surface area (Å²) in [5, 5.41) is 0. The SMILES string of the molecule is [B]c1cc([B])c(C(=O)N([B])[B])c([B])c1[B]. The molecule has 12 radical (unpaired) electrons. The number of carbonyl (C=O) groups is 1. The summed E-state index contributed by atoms with van der Waals surface area (Å²) < 4.78 is 0.373. The quantitative estimate of drug-likeness (QED) is 0.399. The molecule has 1 amide bonds. The minimum Gasteiger partial charge on any atom is -0.445 e. The molecule has 0 fully saturated rings. The molecule has 1 aromatic carbocycles. The Morgan fingerprint density at radius 2 is 1.53 bits per heavy atom. The molecular weight excluding hydrogens is 179 g/mol. The first-order chi connectivity index (χ1) is 6.86. The Morgan fingerprint density at radius 3 is 2.00 bits per heavy atom. The van der Waals surface area contributed by atoms with Gasteiger partial charge in [0.15, 0.2) is 0 Å². The summed E-state index contributed by atoms with van der Waals surface area (Å²) in [5.74, 6) is -0.739. The first kappa shape index (κ1) is 12.2. The number of rotatable bonds is 1. The van der Waals surface area contributed by atoms with E-state index in [0.717, 1.165) is 0 Å². The highest BCUT2D eigenvalue weighted by atomic mass is 16.2. The molecule has 1 aromatic rings. The molecular formula is C7HB6NO. The summed E-state index contributed by atoms with van der Waals surface area (Å²) in [6, 6.07) is 1.32. The first-order valence-corrected chi connectivity index (χ1v) is 3.93. The van der Waals surface area contributed by atoms with Gasteiger partial charge in [-0.3, -0.25) is 4.79 Å².